The van der Waals surface area contributed by atoms with Crippen LogP contribution in [0.5, 0.6) is 0 Å². The van der Waals surface area contributed by atoms with Crippen LogP contribution in [0.3, 0.4) is 0 Å². The zero-order chi connectivity index (χ0) is 17.5. The molecule has 4 heteroatoms. The van der Waals surface area contributed by atoms with Crippen LogP contribution in [0.15, 0.2) is 42.7 Å². The topological polar surface area (TPSA) is 44.8 Å². The number of esters is 1. The van der Waals surface area contributed by atoms with E-state index in [4.69, 9.17) is 14.2 Å². The molecule has 0 N–H and O–H groups in total. The summed E-state index contributed by atoms with van der Waals surface area (Å²) in [6.45, 7) is 5.31. The van der Waals surface area contributed by atoms with Gasteiger partial charge in [-0.15, -0.1) is 0 Å². The molecule has 3 rings (SSSR count). The molecule has 4 nitrogen and oxygen atoms in total. The lowest BCUT2D eigenvalue weighted by Gasteiger charge is -2.30. The maximum absolute atomic E-state index is 11.7. The van der Waals surface area contributed by atoms with Gasteiger partial charge >= 0.3 is 5.97 Å². The van der Waals surface area contributed by atoms with Crippen molar-refractivity contribution in [3.8, 4) is 0 Å². The van der Waals surface area contributed by atoms with Crippen LogP contribution in [0.25, 0.3) is 0 Å². The van der Waals surface area contributed by atoms with Crippen LogP contribution in [0.2, 0.25) is 0 Å². The first kappa shape index (κ1) is 18.0. The van der Waals surface area contributed by atoms with Gasteiger partial charge in [0, 0.05) is 18.8 Å². The first-order valence-corrected chi connectivity index (χ1v) is 9.32. The van der Waals surface area contributed by atoms with Crippen molar-refractivity contribution in [3.63, 3.8) is 0 Å². The van der Waals surface area contributed by atoms with Gasteiger partial charge in [0.2, 0.25) is 0 Å². The predicted octanol–water partition coefficient (Wildman–Crippen LogP) is 4.39. The van der Waals surface area contributed by atoms with E-state index in [9.17, 15) is 4.79 Å². The van der Waals surface area contributed by atoms with Crippen molar-refractivity contribution in [1.29, 1.82) is 0 Å². The van der Waals surface area contributed by atoms with E-state index in [1.54, 1.807) is 0 Å². The number of cyclic esters (lactones) is 1. The molecule has 1 saturated carbocycles. The third-order valence-corrected chi connectivity index (χ3v) is 5.17. The molecule has 0 amide bonds. The maximum Gasteiger partial charge on any atom is 0.306 e. The van der Waals surface area contributed by atoms with Crippen molar-refractivity contribution in [1.82, 2.24) is 0 Å². The molecule has 1 unspecified atom stereocenters. The van der Waals surface area contributed by atoms with Gasteiger partial charge in [0.1, 0.15) is 6.61 Å². The van der Waals surface area contributed by atoms with E-state index in [0.29, 0.717) is 38.6 Å². The Hall–Kier alpha value is -1.81. The van der Waals surface area contributed by atoms with Crippen molar-refractivity contribution in [2.75, 3.05) is 13.2 Å². The Morgan fingerprint density at radius 3 is 2.60 bits per heavy atom. The smallest absolute Gasteiger partial charge is 0.306 e. The monoisotopic (exact) mass is 344 g/mol. The second-order valence-corrected chi connectivity index (χ2v) is 7.23. The lowest BCUT2D eigenvalue weighted by Crippen LogP contribution is -2.39. The van der Waals surface area contributed by atoms with Gasteiger partial charge in [-0.25, -0.2) is 0 Å². The molecule has 1 atom stereocenters. The van der Waals surface area contributed by atoms with Crippen molar-refractivity contribution in [2.45, 2.75) is 57.2 Å². The average molecular weight is 344 g/mol. The van der Waals surface area contributed by atoms with Gasteiger partial charge < -0.3 is 14.2 Å². The zero-order valence-electron chi connectivity index (χ0n) is 14.9. The average Bonchev–Trinajstić information content (AvgIpc) is 3.02. The number of hydrogen-bond donors (Lipinski definition) is 0. The Morgan fingerprint density at radius 2 is 1.92 bits per heavy atom. The molecule has 136 valence electrons. The van der Waals surface area contributed by atoms with E-state index < -0.39 is 5.60 Å². The minimum absolute atomic E-state index is 0.171. The Labute approximate surface area is 150 Å². The van der Waals surface area contributed by atoms with Crippen LogP contribution >= 0.6 is 0 Å². The molecule has 1 aliphatic carbocycles. The summed E-state index contributed by atoms with van der Waals surface area (Å²) in [4.78, 5) is 11.7. The minimum atomic E-state index is -0.677. The van der Waals surface area contributed by atoms with Crippen molar-refractivity contribution >= 4 is 5.97 Å². The van der Waals surface area contributed by atoms with Gasteiger partial charge in [0.25, 0.3) is 0 Å². The van der Waals surface area contributed by atoms with E-state index in [2.05, 4.69) is 6.58 Å². The molecule has 0 bridgehead atoms. The van der Waals surface area contributed by atoms with Crippen LogP contribution in [0.1, 0.15) is 50.5 Å². The molecule has 1 heterocycles. The highest BCUT2D eigenvalue weighted by molar-refractivity contribution is 5.72. The molecule has 0 aromatic heterocycles. The standard InChI is InChI=1S/C21H28O4/c1-17(19-10-6-3-7-11-19)24-16-21(13-12-20(22)25-21)15-23-14-18-8-4-2-5-9-18/h2,4-5,8-9,19H,1,3,6-7,10-16H2. The molecule has 1 aromatic rings. The lowest BCUT2D eigenvalue weighted by atomic mass is 9.88. The van der Waals surface area contributed by atoms with Crippen LogP contribution in [-0.4, -0.2) is 24.8 Å². The summed E-state index contributed by atoms with van der Waals surface area (Å²) in [5.41, 5.74) is 0.429. The zero-order valence-corrected chi connectivity index (χ0v) is 14.9. The van der Waals surface area contributed by atoms with Crippen LogP contribution in [0.4, 0.5) is 0 Å². The first-order valence-electron chi connectivity index (χ1n) is 9.32. The maximum atomic E-state index is 11.7. The number of rotatable bonds is 8. The third kappa shape index (κ3) is 5.08. The summed E-state index contributed by atoms with van der Waals surface area (Å²) >= 11 is 0. The van der Waals surface area contributed by atoms with E-state index in [-0.39, 0.29) is 5.97 Å². The predicted molar refractivity (Wildman–Crippen MR) is 95.8 cm³/mol. The molecule has 1 aliphatic heterocycles. The number of allylic oxidation sites excluding steroid dienone is 1. The van der Waals surface area contributed by atoms with Gasteiger partial charge in [-0.1, -0.05) is 56.2 Å². The van der Waals surface area contributed by atoms with Crippen molar-refractivity contribution < 1.29 is 19.0 Å². The molecule has 1 saturated heterocycles. The van der Waals surface area contributed by atoms with E-state index in [1.165, 1.54) is 19.3 Å². The molecular weight excluding hydrogens is 316 g/mol. The Balaban J connectivity index is 1.51. The number of carbonyl (C=O) groups excluding carboxylic acids is 1. The molecule has 25 heavy (non-hydrogen) atoms. The fraction of sp³-hybridized carbons (Fsp3) is 0.571. The van der Waals surface area contributed by atoms with E-state index >= 15 is 0 Å². The largest absolute Gasteiger partial charge is 0.494 e. The Bertz CT molecular complexity index is 577. The Kier molecular flexibility index (Phi) is 6.14. The Morgan fingerprint density at radius 1 is 1.16 bits per heavy atom. The summed E-state index contributed by atoms with van der Waals surface area (Å²) in [6.07, 6.45) is 7.15. The third-order valence-electron chi connectivity index (χ3n) is 5.17. The SMILES string of the molecule is C=C(OCC1(COCc2ccccc2)CCC(=O)O1)C1CCCCC1. The highest BCUT2D eigenvalue weighted by atomic mass is 16.6. The number of carbonyl (C=O) groups is 1. The summed E-state index contributed by atoms with van der Waals surface area (Å²) in [7, 11) is 0. The molecule has 2 aliphatic rings. The summed E-state index contributed by atoms with van der Waals surface area (Å²) in [5.74, 6) is 1.11. The van der Waals surface area contributed by atoms with Crippen LogP contribution < -0.4 is 0 Å². The summed E-state index contributed by atoms with van der Waals surface area (Å²) in [6, 6.07) is 10.0. The van der Waals surface area contributed by atoms with E-state index in [1.807, 2.05) is 30.3 Å². The quantitative estimate of drug-likeness (QED) is 0.518. The van der Waals surface area contributed by atoms with Crippen LogP contribution in [0, 0.1) is 5.92 Å². The van der Waals surface area contributed by atoms with Gasteiger partial charge in [0.15, 0.2) is 5.60 Å². The first-order chi connectivity index (χ1) is 12.2. The highest BCUT2D eigenvalue weighted by Gasteiger charge is 2.42. The second kappa shape index (κ2) is 8.52. The van der Waals surface area contributed by atoms with Gasteiger partial charge in [0.05, 0.1) is 19.0 Å². The van der Waals surface area contributed by atoms with Crippen LogP contribution in [-0.2, 0) is 25.6 Å². The van der Waals surface area contributed by atoms with Crippen molar-refractivity contribution in [2.24, 2.45) is 5.92 Å². The molecule has 0 spiro atoms. The van der Waals surface area contributed by atoms with Gasteiger partial charge in [-0.2, -0.15) is 0 Å². The fourth-order valence-electron chi connectivity index (χ4n) is 3.61. The fourth-order valence-corrected chi connectivity index (χ4v) is 3.61. The lowest BCUT2D eigenvalue weighted by molar-refractivity contribution is -0.159. The van der Waals surface area contributed by atoms with Crippen molar-refractivity contribution in [3.05, 3.63) is 48.2 Å². The molecule has 0 radical (unpaired) electrons. The van der Waals surface area contributed by atoms with Gasteiger partial charge in [-0.3, -0.25) is 4.79 Å². The summed E-state index contributed by atoms with van der Waals surface area (Å²) < 4.78 is 17.4. The second-order valence-electron chi connectivity index (χ2n) is 7.23. The molecule has 2 fully saturated rings. The number of benzene rings is 1. The molecule has 1 aromatic carbocycles. The normalized spacial score (nSPS) is 24.1. The van der Waals surface area contributed by atoms with E-state index in [0.717, 1.165) is 24.2 Å². The minimum Gasteiger partial charge on any atom is -0.494 e. The molecular formula is C21H28O4. The number of ether oxygens (including phenoxy) is 3. The summed E-state index contributed by atoms with van der Waals surface area (Å²) in [5, 5.41) is 0. The van der Waals surface area contributed by atoms with Gasteiger partial charge in [-0.05, 0) is 18.4 Å². The number of hydrogen-bond acceptors (Lipinski definition) is 4. The highest BCUT2D eigenvalue weighted by Crippen LogP contribution is 2.33.